The van der Waals surface area contributed by atoms with Crippen molar-refractivity contribution in [3.8, 4) is 0 Å². The summed E-state index contributed by atoms with van der Waals surface area (Å²) in [5.41, 5.74) is 2.04. The van der Waals surface area contributed by atoms with Gasteiger partial charge in [0.25, 0.3) is 11.8 Å². The van der Waals surface area contributed by atoms with E-state index >= 15 is 0 Å². The van der Waals surface area contributed by atoms with Gasteiger partial charge < -0.3 is 0 Å². The number of hydrogen-bond donors (Lipinski definition) is 1. The first-order valence-corrected chi connectivity index (χ1v) is 5.82. The normalized spacial score (nSPS) is 13.4. The molecule has 0 unspecified atom stereocenters. The first-order chi connectivity index (χ1) is 8.24. The van der Waals surface area contributed by atoms with Crippen molar-refractivity contribution in [3.05, 3.63) is 47.5 Å². The zero-order chi connectivity index (χ0) is 12.3. The van der Waals surface area contributed by atoms with Crippen molar-refractivity contribution >= 4 is 11.8 Å². The van der Waals surface area contributed by atoms with E-state index in [0.717, 1.165) is 31.2 Å². The van der Waals surface area contributed by atoms with Crippen LogP contribution in [0.3, 0.4) is 0 Å². The molecule has 0 spiro atoms. The second kappa shape index (κ2) is 4.95. The first kappa shape index (κ1) is 11.6. The summed E-state index contributed by atoms with van der Waals surface area (Å²) in [5.74, 6) is -0.540. The monoisotopic (exact) mass is 229 g/mol. The quantitative estimate of drug-likeness (QED) is 0.479. The zero-order valence-electron chi connectivity index (χ0n) is 9.66. The molecule has 88 valence electrons. The average Bonchev–Trinajstić information content (AvgIpc) is 2.62. The van der Waals surface area contributed by atoms with Crippen LogP contribution in [-0.2, 0) is 6.42 Å². The minimum atomic E-state index is -0.280. The van der Waals surface area contributed by atoms with Gasteiger partial charge in [-0.3, -0.25) is 14.9 Å². The third-order valence-corrected chi connectivity index (χ3v) is 2.95. The van der Waals surface area contributed by atoms with Gasteiger partial charge in [-0.1, -0.05) is 18.2 Å². The van der Waals surface area contributed by atoms with E-state index < -0.39 is 0 Å². The summed E-state index contributed by atoms with van der Waals surface area (Å²) in [6.45, 7) is 3.68. The second-order valence-corrected chi connectivity index (χ2v) is 4.16. The lowest BCUT2D eigenvalue weighted by atomic mass is 9.98. The molecule has 1 aromatic rings. The molecule has 0 aliphatic carbocycles. The molecule has 0 bridgehead atoms. The lowest BCUT2D eigenvalue weighted by molar-refractivity contribution is 0.0879. The number of allylic oxidation sites excluding steroid dienone is 1. The molecule has 0 radical (unpaired) electrons. The number of fused-ring (bicyclic) bond motifs is 1. The van der Waals surface area contributed by atoms with Crippen molar-refractivity contribution in [2.45, 2.75) is 25.7 Å². The Kier molecular flexibility index (Phi) is 3.38. The molecule has 2 amide bonds. The van der Waals surface area contributed by atoms with Crippen molar-refractivity contribution < 1.29 is 9.59 Å². The van der Waals surface area contributed by atoms with Gasteiger partial charge in [0, 0.05) is 0 Å². The highest BCUT2D eigenvalue weighted by atomic mass is 16.2. The van der Waals surface area contributed by atoms with Crippen LogP contribution in [0, 0.1) is 0 Å². The number of carbonyl (C=O) groups is 2. The highest BCUT2D eigenvalue weighted by Crippen LogP contribution is 2.21. The maximum absolute atomic E-state index is 11.6. The number of nitrogens with one attached hydrogen (secondary N) is 1. The molecule has 1 aliphatic heterocycles. The zero-order valence-corrected chi connectivity index (χ0v) is 9.66. The summed E-state index contributed by atoms with van der Waals surface area (Å²) in [6, 6.07) is 5.45. The van der Waals surface area contributed by atoms with Gasteiger partial charge >= 0.3 is 0 Å². The molecule has 1 aliphatic rings. The van der Waals surface area contributed by atoms with Crippen molar-refractivity contribution in [2.24, 2.45) is 0 Å². The van der Waals surface area contributed by atoms with Crippen molar-refractivity contribution in [2.75, 3.05) is 0 Å². The summed E-state index contributed by atoms with van der Waals surface area (Å²) < 4.78 is 0. The van der Waals surface area contributed by atoms with E-state index in [-0.39, 0.29) is 11.8 Å². The van der Waals surface area contributed by atoms with E-state index in [1.807, 2.05) is 18.2 Å². The first-order valence-electron chi connectivity index (χ1n) is 5.82. The lowest BCUT2D eigenvalue weighted by Crippen LogP contribution is -2.20. The Morgan fingerprint density at radius 1 is 1.18 bits per heavy atom. The lowest BCUT2D eigenvalue weighted by Gasteiger charge is -2.04. The predicted molar refractivity (Wildman–Crippen MR) is 66.0 cm³/mol. The van der Waals surface area contributed by atoms with Gasteiger partial charge in [0.2, 0.25) is 0 Å². The van der Waals surface area contributed by atoms with E-state index in [4.69, 9.17) is 0 Å². The van der Waals surface area contributed by atoms with Crippen LogP contribution in [0.25, 0.3) is 0 Å². The van der Waals surface area contributed by atoms with Gasteiger partial charge in [-0.15, -0.1) is 6.58 Å². The highest BCUT2D eigenvalue weighted by molar-refractivity contribution is 6.22. The van der Waals surface area contributed by atoms with Crippen LogP contribution in [0.15, 0.2) is 30.9 Å². The minimum absolute atomic E-state index is 0.260. The molecular weight excluding hydrogens is 214 g/mol. The van der Waals surface area contributed by atoms with Crippen LogP contribution >= 0.6 is 0 Å². The molecule has 2 rings (SSSR count). The molecule has 0 atom stereocenters. The molecule has 0 saturated heterocycles. The van der Waals surface area contributed by atoms with Crippen LogP contribution in [-0.4, -0.2) is 11.8 Å². The molecule has 0 fully saturated rings. The van der Waals surface area contributed by atoms with Gasteiger partial charge in [0.05, 0.1) is 11.1 Å². The minimum Gasteiger partial charge on any atom is -0.288 e. The van der Waals surface area contributed by atoms with Crippen LogP contribution in [0.4, 0.5) is 0 Å². The Morgan fingerprint density at radius 3 is 2.76 bits per heavy atom. The molecule has 17 heavy (non-hydrogen) atoms. The van der Waals surface area contributed by atoms with E-state index in [1.54, 1.807) is 6.07 Å². The Labute approximate surface area is 101 Å². The van der Waals surface area contributed by atoms with E-state index in [0.29, 0.717) is 11.1 Å². The van der Waals surface area contributed by atoms with Crippen LogP contribution in [0.2, 0.25) is 0 Å². The molecular formula is C14H15NO2. The van der Waals surface area contributed by atoms with Gasteiger partial charge in [0.15, 0.2) is 0 Å². The van der Waals surface area contributed by atoms with E-state index in [9.17, 15) is 9.59 Å². The van der Waals surface area contributed by atoms with Crippen LogP contribution < -0.4 is 5.32 Å². The van der Waals surface area contributed by atoms with Gasteiger partial charge in [-0.25, -0.2) is 0 Å². The summed E-state index contributed by atoms with van der Waals surface area (Å²) >= 11 is 0. The molecule has 3 nitrogen and oxygen atoms in total. The SMILES string of the molecule is C=CCCCCc1cccc2c1C(=O)NC2=O. The molecule has 1 aromatic carbocycles. The topological polar surface area (TPSA) is 46.2 Å². The van der Waals surface area contributed by atoms with E-state index in [1.165, 1.54) is 0 Å². The molecule has 1 heterocycles. The summed E-state index contributed by atoms with van der Waals surface area (Å²) in [7, 11) is 0. The number of amides is 2. The summed E-state index contributed by atoms with van der Waals surface area (Å²) in [4.78, 5) is 23.1. The number of unbranched alkanes of at least 4 members (excludes halogenated alkanes) is 2. The Bertz CT molecular complexity index is 477. The number of carbonyl (C=O) groups excluding carboxylic acids is 2. The maximum Gasteiger partial charge on any atom is 0.259 e. The fourth-order valence-corrected chi connectivity index (χ4v) is 2.10. The number of aryl methyl sites for hydroxylation is 1. The third-order valence-electron chi connectivity index (χ3n) is 2.95. The molecule has 1 N–H and O–H groups in total. The predicted octanol–water partition coefficient (Wildman–Crippen LogP) is 2.47. The fourth-order valence-electron chi connectivity index (χ4n) is 2.10. The third kappa shape index (κ3) is 2.28. The maximum atomic E-state index is 11.6. The highest BCUT2D eigenvalue weighted by Gasteiger charge is 2.28. The van der Waals surface area contributed by atoms with Gasteiger partial charge in [0.1, 0.15) is 0 Å². The van der Waals surface area contributed by atoms with Gasteiger partial charge in [-0.05, 0) is 37.3 Å². The Morgan fingerprint density at radius 2 is 2.00 bits per heavy atom. The Hall–Kier alpha value is -1.90. The van der Waals surface area contributed by atoms with Gasteiger partial charge in [-0.2, -0.15) is 0 Å². The van der Waals surface area contributed by atoms with E-state index in [2.05, 4.69) is 11.9 Å². The smallest absolute Gasteiger partial charge is 0.259 e. The standard InChI is InChI=1S/C14H15NO2/c1-2-3-4-5-7-10-8-6-9-11-12(10)14(17)15-13(11)16/h2,6,8-9H,1,3-5,7H2,(H,15,16,17). The average molecular weight is 229 g/mol. The number of imide groups is 1. The number of hydrogen-bond acceptors (Lipinski definition) is 2. The molecule has 0 aromatic heterocycles. The number of benzene rings is 1. The van der Waals surface area contributed by atoms with Crippen LogP contribution in [0.5, 0.6) is 0 Å². The molecule has 3 heteroatoms. The van der Waals surface area contributed by atoms with Crippen molar-refractivity contribution in [3.63, 3.8) is 0 Å². The fraction of sp³-hybridized carbons (Fsp3) is 0.286. The summed E-state index contributed by atoms with van der Waals surface area (Å²) in [5, 5.41) is 2.33. The van der Waals surface area contributed by atoms with Crippen molar-refractivity contribution in [1.82, 2.24) is 5.32 Å². The summed E-state index contributed by atoms with van der Waals surface area (Å²) in [6.07, 6.45) is 5.77. The second-order valence-electron chi connectivity index (χ2n) is 4.16. The van der Waals surface area contributed by atoms with Crippen LogP contribution in [0.1, 0.15) is 45.5 Å². The largest absolute Gasteiger partial charge is 0.288 e. The van der Waals surface area contributed by atoms with Crippen molar-refractivity contribution in [1.29, 1.82) is 0 Å². The number of rotatable bonds is 5. The Balaban J connectivity index is 2.16. The molecule has 0 saturated carbocycles.